The molecule has 0 unspecified atom stereocenters. The minimum atomic E-state index is -3.45. The van der Waals surface area contributed by atoms with Crippen LogP contribution in [0.15, 0.2) is 42.5 Å². The molecule has 2 atom stereocenters. The standard InChI is InChI=1S/C32H50N4O7SSi2/c1-23-18-24(12-13-25(23)29-20-30(37)36(44(29,40)41)22-43-15-17-46(5,6)7)19-27(34-32(38)39)31-33-26-10-8-9-11-28(26)35(31)21-42-14-16-45(2,3)4/h8-13,18,27,29,34,40-41H,14-17,19-22H2,1-7H3,(H,38,39)/t27-,29+/m0/s1. The van der Waals surface area contributed by atoms with E-state index in [-0.39, 0.29) is 25.8 Å². The van der Waals surface area contributed by atoms with Crippen molar-refractivity contribution in [3.8, 4) is 0 Å². The summed E-state index contributed by atoms with van der Waals surface area (Å²) in [5, 5.41) is 11.7. The highest BCUT2D eigenvalue weighted by atomic mass is 32.3. The van der Waals surface area contributed by atoms with Gasteiger partial charge < -0.3 is 24.5 Å². The van der Waals surface area contributed by atoms with Crippen LogP contribution < -0.4 is 5.32 Å². The smallest absolute Gasteiger partial charge is 0.405 e. The summed E-state index contributed by atoms with van der Waals surface area (Å²) in [4.78, 5) is 29.7. The number of nitrogens with zero attached hydrogens (tertiary/aromatic N) is 3. The number of fused-ring (bicyclic) bond motifs is 1. The fourth-order valence-electron chi connectivity index (χ4n) is 5.48. The minimum Gasteiger partial charge on any atom is -0.465 e. The SMILES string of the molecule is Cc1cc(C[C@H](NC(=O)O)c2nc3ccccc3n2COCC[Si](C)(C)C)ccc1[C@H]1CC(=O)N(COCC[Si](C)(C)C)S1(O)O. The molecule has 2 aromatic carbocycles. The molecule has 1 aliphatic rings. The maximum Gasteiger partial charge on any atom is 0.405 e. The van der Waals surface area contributed by atoms with Gasteiger partial charge in [-0.25, -0.2) is 14.1 Å². The summed E-state index contributed by atoms with van der Waals surface area (Å²) in [5.41, 5.74) is 3.91. The second-order valence-corrected chi connectivity index (χ2v) is 27.9. The number of hydrogen-bond donors (Lipinski definition) is 4. The van der Waals surface area contributed by atoms with Crippen molar-refractivity contribution in [3.05, 3.63) is 65.0 Å². The zero-order chi connectivity index (χ0) is 33.9. The molecule has 1 aromatic heterocycles. The van der Waals surface area contributed by atoms with Crippen molar-refractivity contribution in [3.63, 3.8) is 0 Å². The molecule has 4 N–H and O–H groups in total. The molecule has 46 heavy (non-hydrogen) atoms. The molecule has 2 amide bonds. The summed E-state index contributed by atoms with van der Waals surface area (Å²) < 4.78 is 37.2. The number of carboxylic acid groups (broad SMARTS) is 1. The molecule has 4 rings (SSSR count). The van der Waals surface area contributed by atoms with Gasteiger partial charge in [0.2, 0.25) is 5.91 Å². The Morgan fingerprint density at radius 2 is 1.65 bits per heavy atom. The topological polar surface area (TPSA) is 146 Å². The van der Waals surface area contributed by atoms with Crippen LogP contribution in [0.3, 0.4) is 0 Å². The molecule has 254 valence electrons. The second kappa shape index (κ2) is 14.6. The van der Waals surface area contributed by atoms with Crippen LogP contribution in [-0.2, 0) is 27.4 Å². The highest BCUT2D eigenvalue weighted by Gasteiger charge is 2.46. The van der Waals surface area contributed by atoms with E-state index in [1.165, 1.54) is 0 Å². The molecule has 0 aliphatic carbocycles. The third kappa shape index (κ3) is 9.21. The molecule has 1 saturated heterocycles. The molecule has 0 bridgehead atoms. The van der Waals surface area contributed by atoms with Gasteiger partial charge in [-0.15, -0.1) is 10.8 Å². The number of carbonyl (C=O) groups excluding carboxylic acids is 1. The predicted octanol–water partition coefficient (Wildman–Crippen LogP) is 7.46. The number of carbonyl (C=O) groups is 2. The lowest BCUT2D eigenvalue weighted by molar-refractivity contribution is -0.128. The second-order valence-electron chi connectivity index (χ2n) is 14.5. The Morgan fingerprint density at radius 3 is 2.26 bits per heavy atom. The number of para-hydroxylation sites is 2. The first-order valence-corrected chi connectivity index (χ1v) is 24.7. The summed E-state index contributed by atoms with van der Waals surface area (Å²) in [6, 6.07) is 14.5. The fourth-order valence-corrected chi connectivity index (χ4v) is 8.87. The lowest BCUT2D eigenvalue weighted by Crippen LogP contribution is -2.31. The van der Waals surface area contributed by atoms with E-state index >= 15 is 0 Å². The molecule has 3 aromatic rings. The molecule has 0 radical (unpaired) electrons. The highest BCUT2D eigenvalue weighted by Crippen LogP contribution is 2.63. The summed E-state index contributed by atoms with van der Waals surface area (Å²) in [5.74, 6) is 0.205. The molecule has 11 nitrogen and oxygen atoms in total. The summed E-state index contributed by atoms with van der Waals surface area (Å²) >= 11 is 0. The van der Waals surface area contributed by atoms with Crippen LogP contribution in [0, 0.1) is 6.92 Å². The van der Waals surface area contributed by atoms with Crippen molar-refractivity contribution in [2.75, 3.05) is 19.9 Å². The minimum absolute atomic E-state index is 0.0230. The van der Waals surface area contributed by atoms with E-state index in [9.17, 15) is 23.8 Å². The van der Waals surface area contributed by atoms with E-state index in [4.69, 9.17) is 14.5 Å². The number of imidazole rings is 1. The van der Waals surface area contributed by atoms with Gasteiger partial charge >= 0.3 is 6.09 Å². The molecule has 0 spiro atoms. The van der Waals surface area contributed by atoms with Crippen LogP contribution in [0.25, 0.3) is 11.0 Å². The Labute approximate surface area is 275 Å². The van der Waals surface area contributed by atoms with Crippen molar-refractivity contribution in [2.45, 2.75) is 89.2 Å². The van der Waals surface area contributed by atoms with Gasteiger partial charge in [0.05, 0.1) is 23.5 Å². The summed E-state index contributed by atoms with van der Waals surface area (Å²) in [6.07, 6.45) is -0.880. The average molecular weight is 691 g/mol. The van der Waals surface area contributed by atoms with Crippen LogP contribution in [0.4, 0.5) is 4.79 Å². The van der Waals surface area contributed by atoms with E-state index in [0.29, 0.717) is 31.0 Å². The number of amides is 2. The zero-order valence-corrected chi connectivity index (χ0v) is 30.9. The van der Waals surface area contributed by atoms with Crippen molar-refractivity contribution < 1.29 is 33.3 Å². The normalized spacial score (nSPS) is 18.2. The van der Waals surface area contributed by atoms with E-state index < -0.39 is 44.3 Å². The number of nitrogens with one attached hydrogen (secondary N) is 1. The molecule has 1 aliphatic heterocycles. The Morgan fingerprint density at radius 1 is 1.02 bits per heavy atom. The van der Waals surface area contributed by atoms with Crippen LogP contribution in [-0.4, -0.2) is 76.2 Å². The summed E-state index contributed by atoms with van der Waals surface area (Å²) in [7, 11) is -6.07. The third-order valence-corrected chi connectivity index (χ3v) is 13.7. The average Bonchev–Trinajstić information content (AvgIpc) is 3.41. The van der Waals surface area contributed by atoms with Crippen molar-refractivity contribution in [1.82, 2.24) is 19.2 Å². The predicted molar refractivity (Wildman–Crippen MR) is 189 cm³/mol. The number of benzene rings is 2. The van der Waals surface area contributed by atoms with Crippen molar-refractivity contribution in [1.29, 1.82) is 0 Å². The van der Waals surface area contributed by atoms with Crippen LogP contribution in [0.2, 0.25) is 51.4 Å². The van der Waals surface area contributed by atoms with E-state index in [0.717, 1.165) is 38.6 Å². The van der Waals surface area contributed by atoms with E-state index in [1.807, 2.05) is 54.0 Å². The fraction of sp³-hybridized carbons (Fsp3) is 0.531. The van der Waals surface area contributed by atoms with Gasteiger partial charge in [0.15, 0.2) is 0 Å². The summed E-state index contributed by atoms with van der Waals surface area (Å²) in [6.45, 7) is 16.6. The monoisotopic (exact) mass is 690 g/mol. The maximum atomic E-state index is 12.9. The van der Waals surface area contributed by atoms with Gasteiger partial charge in [-0.1, -0.05) is 69.6 Å². The highest BCUT2D eigenvalue weighted by molar-refractivity contribution is 8.23. The van der Waals surface area contributed by atoms with Gasteiger partial charge in [0.1, 0.15) is 24.5 Å². The lowest BCUT2D eigenvalue weighted by atomic mass is 9.97. The molecular formula is C32H50N4O7SSi2. The van der Waals surface area contributed by atoms with E-state index in [1.54, 1.807) is 0 Å². The molecule has 1 fully saturated rings. The Hall–Kier alpha value is -2.73. The van der Waals surface area contributed by atoms with Gasteiger partial charge in [0, 0.05) is 35.8 Å². The third-order valence-electron chi connectivity index (χ3n) is 8.18. The largest absolute Gasteiger partial charge is 0.465 e. The number of ether oxygens (including phenoxy) is 2. The molecule has 14 heteroatoms. The number of hydrogen-bond acceptors (Lipinski definition) is 7. The molecule has 0 saturated carbocycles. The van der Waals surface area contributed by atoms with E-state index in [2.05, 4.69) is 44.6 Å². The maximum absolute atomic E-state index is 12.9. The van der Waals surface area contributed by atoms with Gasteiger partial charge in [-0.05, 0) is 47.8 Å². The van der Waals surface area contributed by atoms with Crippen molar-refractivity contribution in [2.24, 2.45) is 0 Å². The molecule has 2 heterocycles. The van der Waals surface area contributed by atoms with Crippen LogP contribution in [0.1, 0.15) is 40.2 Å². The number of aromatic nitrogens is 2. The van der Waals surface area contributed by atoms with Gasteiger partial charge in [0.25, 0.3) is 0 Å². The number of aryl methyl sites for hydroxylation is 1. The van der Waals surface area contributed by atoms with Crippen LogP contribution in [0.5, 0.6) is 0 Å². The first kappa shape index (κ1) is 36.1. The lowest BCUT2D eigenvalue weighted by Gasteiger charge is -2.41. The van der Waals surface area contributed by atoms with Crippen molar-refractivity contribution >= 4 is 50.0 Å². The Bertz CT molecular complexity index is 1540. The Balaban J connectivity index is 1.55. The van der Waals surface area contributed by atoms with Gasteiger partial charge in [-0.2, -0.15) is 0 Å². The molecular weight excluding hydrogens is 641 g/mol. The van der Waals surface area contributed by atoms with Gasteiger partial charge in [-0.3, -0.25) is 13.9 Å². The quantitative estimate of drug-likeness (QED) is 0.0950. The van der Waals surface area contributed by atoms with Crippen LogP contribution >= 0.6 is 10.8 Å². The number of rotatable bonds is 15. The first-order valence-electron chi connectivity index (χ1n) is 15.7. The Kier molecular flexibility index (Phi) is 11.4. The first-order chi connectivity index (χ1) is 21.5. The zero-order valence-electron chi connectivity index (χ0n) is 28.1.